The molecule has 4 aliphatic carbocycles. The van der Waals surface area contributed by atoms with Crippen LogP contribution in [0.2, 0.25) is 0 Å². The highest BCUT2D eigenvalue weighted by atomic mass is 16.5. The van der Waals surface area contributed by atoms with Crippen LogP contribution in [-0.4, -0.2) is 13.2 Å². The third-order valence-electron chi connectivity index (χ3n) is 5.72. The van der Waals surface area contributed by atoms with Crippen LogP contribution < -0.4 is 10.1 Å². The molecule has 2 heteroatoms. The normalized spacial score (nSPS) is 38.1. The van der Waals surface area contributed by atoms with E-state index in [9.17, 15) is 0 Å². The maximum atomic E-state index is 6.40. The van der Waals surface area contributed by atoms with E-state index in [4.69, 9.17) is 4.74 Å². The van der Waals surface area contributed by atoms with Crippen molar-refractivity contribution < 1.29 is 4.74 Å². The van der Waals surface area contributed by atoms with Crippen LogP contribution in [0.3, 0.4) is 0 Å². The Morgan fingerprint density at radius 3 is 2.10 bits per heavy atom. The van der Waals surface area contributed by atoms with E-state index >= 15 is 0 Å². The van der Waals surface area contributed by atoms with Gasteiger partial charge in [0.25, 0.3) is 0 Å². The van der Waals surface area contributed by atoms with Gasteiger partial charge in [0.05, 0.1) is 0 Å². The fraction of sp³-hybridized carbons (Fsp3) is 0.667. The molecule has 0 heterocycles. The van der Waals surface area contributed by atoms with Crippen molar-refractivity contribution in [3.63, 3.8) is 0 Å². The summed E-state index contributed by atoms with van der Waals surface area (Å²) in [6.45, 7) is 0.929. The minimum Gasteiger partial charge on any atom is -0.490 e. The van der Waals surface area contributed by atoms with Gasteiger partial charge < -0.3 is 10.1 Å². The van der Waals surface area contributed by atoms with Gasteiger partial charge in [-0.05, 0) is 80.5 Å². The van der Waals surface area contributed by atoms with E-state index in [1.807, 2.05) is 7.05 Å². The molecule has 1 aromatic rings. The summed E-state index contributed by atoms with van der Waals surface area (Å²) in [5.74, 6) is 4.79. The topological polar surface area (TPSA) is 21.3 Å². The Bertz CT molecular complexity index is 439. The first-order chi connectivity index (χ1) is 9.81. The third-order valence-corrected chi connectivity index (χ3v) is 5.72. The Morgan fingerprint density at radius 2 is 1.55 bits per heavy atom. The van der Waals surface area contributed by atoms with Crippen LogP contribution in [0.15, 0.2) is 24.3 Å². The van der Waals surface area contributed by atoms with Gasteiger partial charge in [0, 0.05) is 6.54 Å². The molecule has 0 saturated heterocycles. The van der Waals surface area contributed by atoms with Crippen molar-refractivity contribution in [1.29, 1.82) is 0 Å². The van der Waals surface area contributed by atoms with Gasteiger partial charge >= 0.3 is 0 Å². The van der Waals surface area contributed by atoms with Crippen molar-refractivity contribution in [2.75, 3.05) is 7.05 Å². The molecule has 1 N–H and O–H groups in total. The molecule has 0 atom stereocenters. The van der Waals surface area contributed by atoms with E-state index in [1.54, 1.807) is 0 Å². The van der Waals surface area contributed by atoms with Crippen molar-refractivity contribution in [2.45, 2.75) is 44.8 Å². The fourth-order valence-electron chi connectivity index (χ4n) is 5.11. The van der Waals surface area contributed by atoms with Crippen LogP contribution in [0, 0.1) is 23.7 Å². The highest BCUT2D eigenvalue weighted by Gasteiger charge is 2.49. The molecule has 20 heavy (non-hydrogen) atoms. The minimum atomic E-state index is 0.498. The van der Waals surface area contributed by atoms with Crippen LogP contribution in [0.1, 0.15) is 37.7 Å². The van der Waals surface area contributed by atoms with Crippen molar-refractivity contribution in [3.05, 3.63) is 29.8 Å². The SMILES string of the molecule is CNCc1ccc(OC2C3CC4CC(C3)CC2C4)cc1. The molecule has 5 rings (SSSR count). The van der Waals surface area contributed by atoms with Crippen LogP contribution in [0.4, 0.5) is 0 Å². The average Bonchev–Trinajstić information content (AvgIpc) is 2.44. The molecule has 4 saturated carbocycles. The molecule has 2 nitrogen and oxygen atoms in total. The van der Waals surface area contributed by atoms with E-state index < -0.39 is 0 Å². The molecule has 1 aromatic carbocycles. The summed E-state index contributed by atoms with van der Waals surface area (Å²) >= 11 is 0. The second kappa shape index (κ2) is 5.07. The molecule has 0 aliphatic heterocycles. The van der Waals surface area contributed by atoms with Gasteiger partial charge in [-0.15, -0.1) is 0 Å². The van der Waals surface area contributed by atoms with E-state index in [0.29, 0.717) is 6.10 Å². The molecule has 4 fully saturated rings. The summed E-state index contributed by atoms with van der Waals surface area (Å²) in [7, 11) is 1.99. The van der Waals surface area contributed by atoms with Crippen molar-refractivity contribution in [2.24, 2.45) is 23.7 Å². The molecule has 0 spiro atoms. The molecule has 108 valence electrons. The molecular formula is C18H25NO. The van der Waals surface area contributed by atoms with E-state index in [-0.39, 0.29) is 0 Å². The van der Waals surface area contributed by atoms with Crippen LogP contribution >= 0.6 is 0 Å². The molecule has 0 unspecified atom stereocenters. The van der Waals surface area contributed by atoms with Crippen molar-refractivity contribution in [3.8, 4) is 5.75 Å². The van der Waals surface area contributed by atoms with E-state index in [0.717, 1.165) is 36.0 Å². The fourth-order valence-corrected chi connectivity index (χ4v) is 5.11. The smallest absolute Gasteiger partial charge is 0.119 e. The summed E-state index contributed by atoms with van der Waals surface area (Å²) in [5.41, 5.74) is 1.32. The molecule has 4 bridgehead atoms. The highest BCUT2D eigenvalue weighted by molar-refractivity contribution is 5.27. The van der Waals surface area contributed by atoms with Gasteiger partial charge in [-0.2, -0.15) is 0 Å². The zero-order chi connectivity index (χ0) is 13.5. The third kappa shape index (κ3) is 2.24. The number of hydrogen-bond donors (Lipinski definition) is 1. The van der Waals surface area contributed by atoms with Gasteiger partial charge in [-0.25, -0.2) is 0 Å². The summed E-state index contributed by atoms with van der Waals surface area (Å²) < 4.78 is 6.40. The Hall–Kier alpha value is -1.02. The molecular weight excluding hydrogens is 246 g/mol. The Kier molecular flexibility index (Phi) is 3.22. The van der Waals surface area contributed by atoms with E-state index in [1.165, 1.54) is 37.7 Å². The predicted octanol–water partition coefficient (Wildman–Crippen LogP) is 3.61. The molecule has 0 amide bonds. The number of rotatable bonds is 4. The summed E-state index contributed by atoms with van der Waals surface area (Å²) in [5, 5.41) is 3.19. The quantitative estimate of drug-likeness (QED) is 0.903. The molecule has 0 radical (unpaired) electrons. The van der Waals surface area contributed by atoms with Crippen LogP contribution in [0.25, 0.3) is 0 Å². The second-order valence-corrected chi connectivity index (χ2v) is 7.19. The lowest BCUT2D eigenvalue weighted by molar-refractivity contribution is -0.0789. The Morgan fingerprint density at radius 1 is 0.950 bits per heavy atom. The monoisotopic (exact) mass is 271 g/mol. The minimum absolute atomic E-state index is 0.498. The van der Waals surface area contributed by atoms with Gasteiger partial charge in [0.15, 0.2) is 0 Å². The average molecular weight is 271 g/mol. The highest BCUT2D eigenvalue weighted by Crippen LogP contribution is 2.54. The maximum Gasteiger partial charge on any atom is 0.119 e. The van der Waals surface area contributed by atoms with E-state index in [2.05, 4.69) is 29.6 Å². The van der Waals surface area contributed by atoms with Crippen LogP contribution in [-0.2, 0) is 6.54 Å². The lowest BCUT2D eigenvalue weighted by Gasteiger charge is -2.53. The molecule has 0 aromatic heterocycles. The number of benzene rings is 1. The summed E-state index contributed by atoms with van der Waals surface area (Å²) in [4.78, 5) is 0. The summed E-state index contributed by atoms with van der Waals surface area (Å²) in [6, 6.07) is 8.67. The number of ether oxygens (including phenoxy) is 1. The zero-order valence-corrected chi connectivity index (χ0v) is 12.3. The first-order valence-electron chi connectivity index (χ1n) is 8.22. The number of nitrogens with one attached hydrogen (secondary N) is 1. The standard InChI is InChI=1S/C18H25NO/c1-19-11-12-2-4-17(5-3-12)20-18-15-7-13-6-14(9-15)10-16(18)8-13/h2-5,13-16,18-19H,6-11H2,1H3. The first kappa shape index (κ1) is 12.7. The Labute approximate surface area is 121 Å². The van der Waals surface area contributed by atoms with Crippen molar-refractivity contribution >= 4 is 0 Å². The van der Waals surface area contributed by atoms with Gasteiger partial charge in [0.2, 0.25) is 0 Å². The van der Waals surface area contributed by atoms with Gasteiger partial charge in [-0.1, -0.05) is 12.1 Å². The lowest BCUT2D eigenvalue weighted by Crippen LogP contribution is -2.50. The largest absolute Gasteiger partial charge is 0.490 e. The van der Waals surface area contributed by atoms with Gasteiger partial charge in [0.1, 0.15) is 11.9 Å². The predicted molar refractivity (Wildman–Crippen MR) is 80.7 cm³/mol. The Balaban J connectivity index is 1.46. The lowest BCUT2D eigenvalue weighted by atomic mass is 9.55. The van der Waals surface area contributed by atoms with Gasteiger partial charge in [-0.3, -0.25) is 0 Å². The van der Waals surface area contributed by atoms with Crippen LogP contribution in [0.5, 0.6) is 5.75 Å². The first-order valence-corrected chi connectivity index (χ1v) is 8.22. The molecule has 4 aliphatic rings. The second-order valence-electron chi connectivity index (χ2n) is 7.19. The summed E-state index contributed by atoms with van der Waals surface area (Å²) in [6.07, 6.45) is 7.71. The number of hydrogen-bond acceptors (Lipinski definition) is 2. The van der Waals surface area contributed by atoms with Crippen molar-refractivity contribution in [1.82, 2.24) is 5.32 Å². The maximum absolute atomic E-state index is 6.40. The zero-order valence-electron chi connectivity index (χ0n) is 12.3.